The van der Waals surface area contributed by atoms with Gasteiger partial charge in [-0.2, -0.15) is 0 Å². The van der Waals surface area contributed by atoms with Crippen molar-refractivity contribution in [1.82, 2.24) is 15.5 Å². The second kappa shape index (κ2) is 8.31. The summed E-state index contributed by atoms with van der Waals surface area (Å²) in [5.74, 6) is 1.05. The molecule has 29 heavy (non-hydrogen) atoms. The Kier molecular flexibility index (Phi) is 5.94. The summed E-state index contributed by atoms with van der Waals surface area (Å²) in [4.78, 5) is 28.9. The number of benzene rings is 1. The first kappa shape index (κ1) is 20.7. The second-order valence-corrected chi connectivity index (χ2v) is 10.5. The Morgan fingerprint density at radius 1 is 1.24 bits per heavy atom. The number of carbonyl (C=O) groups excluding carboxylic acids is 2. The fourth-order valence-corrected chi connectivity index (χ4v) is 6.89. The number of hydrogen-bond donors (Lipinski definition) is 2. The minimum atomic E-state index is -0.416. The molecule has 158 valence electrons. The molecule has 5 nitrogen and oxygen atoms in total. The number of carbonyl (C=O) groups is 2. The van der Waals surface area contributed by atoms with Gasteiger partial charge in [-0.05, 0) is 60.9 Å². The number of nitrogens with one attached hydrogen (secondary N) is 2. The van der Waals surface area contributed by atoms with E-state index in [0.717, 1.165) is 44.4 Å². The smallest absolute Gasteiger partial charge is 0.243 e. The van der Waals surface area contributed by atoms with Crippen LogP contribution in [0.1, 0.15) is 63.6 Å². The van der Waals surface area contributed by atoms with Crippen LogP contribution in [0, 0.1) is 5.41 Å². The lowest BCUT2D eigenvalue weighted by molar-refractivity contribution is -0.142. The molecular weight excluding hydrogens is 382 g/mol. The minimum absolute atomic E-state index is 0.00491. The fraction of sp³-hybridized carbons (Fsp3) is 0.652. The quantitative estimate of drug-likeness (QED) is 0.793. The number of fused-ring (bicyclic) bond motifs is 2. The van der Waals surface area contributed by atoms with Gasteiger partial charge in [0.2, 0.25) is 11.8 Å². The molecular formula is C23H33N3O2S. The first-order valence-corrected chi connectivity index (χ1v) is 12.0. The highest BCUT2D eigenvalue weighted by molar-refractivity contribution is 7.99. The van der Waals surface area contributed by atoms with E-state index in [2.05, 4.69) is 48.7 Å². The molecule has 0 radical (unpaired) electrons. The van der Waals surface area contributed by atoms with E-state index in [4.69, 9.17) is 0 Å². The molecule has 0 saturated carbocycles. The predicted octanol–water partition coefficient (Wildman–Crippen LogP) is 3.25. The van der Waals surface area contributed by atoms with Crippen molar-refractivity contribution in [2.24, 2.45) is 5.41 Å². The maximum Gasteiger partial charge on any atom is 0.243 e. The van der Waals surface area contributed by atoms with Crippen molar-refractivity contribution in [3.8, 4) is 0 Å². The fourth-order valence-electron chi connectivity index (χ4n) is 5.31. The van der Waals surface area contributed by atoms with Gasteiger partial charge < -0.3 is 15.5 Å². The maximum atomic E-state index is 13.6. The van der Waals surface area contributed by atoms with Crippen LogP contribution in [-0.4, -0.2) is 46.5 Å². The summed E-state index contributed by atoms with van der Waals surface area (Å²) < 4.78 is 0. The first-order chi connectivity index (χ1) is 13.9. The van der Waals surface area contributed by atoms with Crippen molar-refractivity contribution in [2.45, 2.75) is 76.4 Å². The van der Waals surface area contributed by atoms with E-state index in [1.807, 2.05) is 23.6 Å². The van der Waals surface area contributed by atoms with Crippen molar-refractivity contribution >= 4 is 23.6 Å². The third-order valence-electron chi connectivity index (χ3n) is 6.68. The Hall–Kier alpha value is -1.53. The third kappa shape index (κ3) is 3.93. The summed E-state index contributed by atoms with van der Waals surface area (Å²) in [6, 6.07) is 7.87. The first-order valence-electron chi connectivity index (χ1n) is 11.0. The van der Waals surface area contributed by atoms with Crippen molar-refractivity contribution in [1.29, 1.82) is 0 Å². The molecule has 2 heterocycles. The normalized spacial score (nSPS) is 31.0. The van der Waals surface area contributed by atoms with Crippen LogP contribution in [0.3, 0.4) is 0 Å². The molecule has 3 aliphatic rings. The molecule has 0 spiro atoms. The Morgan fingerprint density at radius 2 is 2.03 bits per heavy atom. The zero-order valence-electron chi connectivity index (χ0n) is 17.7. The molecule has 2 fully saturated rings. The average Bonchev–Trinajstić information content (AvgIpc) is 2.89. The number of thioether (sulfide) groups is 1. The van der Waals surface area contributed by atoms with Gasteiger partial charge in [0.05, 0.1) is 17.5 Å². The largest absolute Gasteiger partial charge is 0.347 e. The zero-order chi connectivity index (χ0) is 20.6. The maximum absolute atomic E-state index is 13.6. The molecule has 6 heteroatoms. The molecule has 1 aromatic carbocycles. The minimum Gasteiger partial charge on any atom is -0.347 e. The van der Waals surface area contributed by atoms with Gasteiger partial charge in [-0.15, -0.1) is 11.8 Å². The standard InChI is InChI=1S/C23H33N3O2S/c1-4-24-18-12-13-29-19-14-23(2,3)20(26(19)22(18)28)21(27)25-17-11-7-9-15-8-5-6-10-16(15)17/h5-6,8,10,17-20,24H,4,7,9,11-14H2,1-3H3,(H,25,27)/t17-,18+,19+,20-/m1/s1. The van der Waals surface area contributed by atoms with Gasteiger partial charge in [-0.25, -0.2) is 0 Å². The second-order valence-electron chi connectivity index (χ2n) is 9.22. The van der Waals surface area contributed by atoms with Crippen molar-refractivity contribution in [3.05, 3.63) is 35.4 Å². The van der Waals surface area contributed by atoms with Crippen LogP contribution in [0.25, 0.3) is 0 Å². The molecule has 1 aromatic rings. The number of aryl methyl sites for hydroxylation is 1. The average molecular weight is 416 g/mol. The van der Waals surface area contributed by atoms with E-state index in [9.17, 15) is 9.59 Å². The van der Waals surface area contributed by atoms with Gasteiger partial charge in [-0.3, -0.25) is 9.59 Å². The number of nitrogens with zero attached hydrogens (tertiary/aromatic N) is 1. The highest BCUT2D eigenvalue weighted by Gasteiger charge is 2.54. The lowest BCUT2D eigenvalue weighted by Crippen LogP contribution is -2.56. The van der Waals surface area contributed by atoms with Crippen LogP contribution >= 0.6 is 11.8 Å². The zero-order valence-corrected chi connectivity index (χ0v) is 18.6. The Morgan fingerprint density at radius 3 is 2.83 bits per heavy atom. The number of hydrogen-bond acceptors (Lipinski definition) is 4. The van der Waals surface area contributed by atoms with E-state index >= 15 is 0 Å². The Labute approximate surface area is 178 Å². The summed E-state index contributed by atoms with van der Waals surface area (Å²) in [6.07, 6.45) is 4.81. The number of rotatable bonds is 4. The lowest BCUT2D eigenvalue weighted by Gasteiger charge is -2.36. The van der Waals surface area contributed by atoms with Crippen molar-refractivity contribution in [3.63, 3.8) is 0 Å². The molecule has 2 N–H and O–H groups in total. The lowest BCUT2D eigenvalue weighted by atomic mass is 9.83. The van der Waals surface area contributed by atoms with Crippen LogP contribution < -0.4 is 10.6 Å². The van der Waals surface area contributed by atoms with E-state index in [1.165, 1.54) is 11.1 Å². The molecule has 4 rings (SSSR count). The van der Waals surface area contributed by atoms with Crippen LogP contribution in [0.2, 0.25) is 0 Å². The number of likely N-dealkylation sites (N-methyl/N-ethyl adjacent to an activating group) is 1. The summed E-state index contributed by atoms with van der Waals surface area (Å²) in [7, 11) is 0. The summed E-state index contributed by atoms with van der Waals surface area (Å²) in [5, 5.41) is 6.76. The van der Waals surface area contributed by atoms with E-state index in [-0.39, 0.29) is 34.7 Å². The van der Waals surface area contributed by atoms with Gasteiger partial charge in [0.1, 0.15) is 6.04 Å². The highest BCUT2D eigenvalue weighted by Crippen LogP contribution is 2.46. The summed E-state index contributed by atoms with van der Waals surface area (Å²) in [6.45, 7) is 7.06. The van der Waals surface area contributed by atoms with Crippen LogP contribution in [0.4, 0.5) is 0 Å². The molecule has 2 aliphatic heterocycles. The molecule has 2 saturated heterocycles. The Balaban J connectivity index is 1.58. The SMILES string of the molecule is CCN[C@H]1CCS[C@H]2CC(C)(C)[C@@H](C(=O)N[C@@H]3CCCc4ccccc43)N2C1=O. The summed E-state index contributed by atoms with van der Waals surface area (Å²) >= 11 is 1.83. The van der Waals surface area contributed by atoms with Crippen LogP contribution in [0.5, 0.6) is 0 Å². The topological polar surface area (TPSA) is 61.4 Å². The van der Waals surface area contributed by atoms with E-state index < -0.39 is 6.04 Å². The summed E-state index contributed by atoms with van der Waals surface area (Å²) in [5.41, 5.74) is 2.34. The molecule has 1 aliphatic carbocycles. The molecule has 4 atom stereocenters. The van der Waals surface area contributed by atoms with Gasteiger partial charge >= 0.3 is 0 Å². The van der Waals surface area contributed by atoms with E-state index in [0.29, 0.717) is 0 Å². The van der Waals surface area contributed by atoms with Gasteiger partial charge in [0.15, 0.2) is 0 Å². The van der Waals surface area contributed by atoms with Crippen LogP contribution in [-0.2, 0) is 16.0 Å². The predicted molar refractivity (Wildman–Crippen MR) is 118 cm³/mol. The van der Waals surface area contributed by atoms with E-state index in [1.54, 1.807) is 0 Å². The Bertz CT molecular complexity index is 781. The monoisotopic (exact) mass is 415 g/mol. The molecule has 0 unspecified atom stereocenters. The molecule has 2 amide bonds. The highest BCUT2D eigenvalue weighted by atomic mass is 32.2. The van der Waals surface area contributed by atoms with Gasteiger partial charge in [0, 0.05) is 0 Å². The van der Waals surface area contributed by atoms with Gasteiger partial charge in [-0.1, -0.05) is 45.0 Å². The molecule has 0 aromatic heterocycles. The van der Waals surface area contributed by atoms with Crippen molar-refractivity contribution < 1.29 is 9.59 Å². The third-order valence-corrected chi connectivity index (χ3v) is 7.93. The van der Waals surface area contributed by atoms with Crippen LogP contribution in [0.15, 0.2) is 24.3 Å². The number of amides is 2. The molecule has 0 bridgehead atoms. The van der Waals surface area contributed by atoms with Gasteiger partial charge in [0.25, 0.3) is 0 Å². The van der Waals surface area contributed by atoms with Crippen molar-refractivity contribution in [2.75, 3.05) is 12.3 Å².